The minimum Gasteiger partial charge on any atom is -0.334 e. The molecule has 0 saturated carbocycles. The molecule has 1 aliphatic heterocycles. The van der Waals surface area contributed by atoms with Crippen LogP contribution >= 0.6 is 0 Å². The molecular formula is C19H22F3N5O4S. The molecule has 1 saturated heterocycles. The van der Waals surface area contributed by atoms with Gasteiger partial charge in [0.2, 0.25) is 5.43 Å². The highest BCUT2D eigenvalue weighted by Gasteiger charge is 2.33. The minimum absolute atomic E-state index is 0.0416. The molecule has 1 amide bonds. The van der Waals surface area contributed by atoms with E-state index >= 15 is 0 Å². The Labute approximate surface area is 182 Å². The van der Waals surface area contributed by atoms with Gasteiger partial charge in [0, 0.05) is 52.0 Å². The Morgan fingerprint density at radius 3 is 2.28 bits per heavy atom. The van der Waals surface area contributed by atoms with Crippen LogP contribution in [0.2, 0.25) is 0 Å². The molecule has 0 bridgehead atoms. The van der Waals surface area contributed by atoms with E-state index in [2.05, 4.69) is 5.10 Å². The maximum absolute atomic E-state index is 13.1. The van der Waals surface area contributed by atoms with Crippen molar-refractivity contribution in [2.75, 3.05) is 40.3 Å². The van der Waals surface area contributed by atoms with Crippen LogP contribution < -0.4 is 5.43 Å². The summed E-state index contributed by atoms with van der Waals surface area (Å²) < 4.78 is 67.1. The second-order valence-corrected chi connectivity index (χ2v) is 9.58. The van der Waals surface area contributed by atoms with E-state index in [4.69, 9.17) is 0 Å². The monoisotopic (exact) mass is 473 g/mol. The van der Waals surface area contributed by atoms with Gasteiger partial charge < -0.3 is 4.90 Å². The zero-order valence-corrected chi connectivity index (χ0v) is 18.4. The summed E-state index contributed by atoms with van der Waals surface area (Å²) in [5, 5.41) is 4.04. The summed E-state index contributed by atoms with van der Waals surface area (Å²) in [6.45, 7) is 1.67. The van der Waals surface area contributed by atoms with Gasteiger partial charge in [0.15, 0.2) is 5.69 Å². The van der Waals surface area contributed by atoms with Gasteiger partial charge >= 0.3 is 6.18 Å². The molecule has 1 aliphatic rings. The fourth-order valence-electron chi connectivity index (χ4n) is 3.27. The van der Waals surface area contributed by atoms with E-state index in [-0.39, 0.29) is 37.6 Å². The van der Waals surface area contributed by atoms with Gasteiger partial charge in [-0.1, -0.05) is 6.07 Å². The van der Waals surface area contributed by atoms with Crippen molar-refractivity contribution in [3.63, 3.8) is 0 Å². The van der Waals surface area contributed by atoms with Gasteiger partial charge in [0.1, 0.15) is 0 Å². The predicted molar refractivity (Wildman–Crippen MR) is 110 cm³/mol. The first kappa shape index (κ1) is 23.9. The molecule has 2 aromatic rings. The molecule has 0 atom stereocenters. The third-order valence-electron chi connectivity index (χ3n) is 5.04. The summed E-state index contributed by atoms with van der Waals surface area (Å²) in [5.74, 6) is -0.711. The van der Waals surface area contributed by atoms with E-state index in [0.717, 1.165) is 27.2 Å². The van der Waals surface area contributed by atoms with Gasteiger partial charge in [-0.3, -0.25) is 9.59 Å². The molecule has 0 radical (unpaired) electrons. The van der Waals surface area contributed by atoms with Crippen LogP contribution in [-0.4, -0.2) is 77.9 Å². The molecule has 174 valence electrons. The molecule has 1 fully saturated rings. The number of aryl methyl sites for hydroxylation is 1. The number of hydrogen-bond donors (Lipinski definition) is 0. The van der Waals surface area contributed by atoms with Crippen LogP contribution in [0.3, 0.4) is 0 Å². The Bertz CT molecular complexity index is 1190. The molecule has 3 rings (SSSR count). The number of alkyl halides is 3. The van der Waals surface area contributed by atoms with Gasteiger partial charge in [0.25, 0.3) is 16.1 Å². The number of halogens is 3. The standard InChI is InChI=1S/C19H22F3N5O4S/c1-13-11-16(28)17(23-27(13)15-6-4-5-14(12-15)19(20,21)22)18(29)25-7-9-26(10-8-25)32(30,31)24(2)3/h4-6,11-12H,7-10H2,1-3H3. The second-order valence-electron chi connectivity index (χ2n) is 7.44. The van der Waals surface area contributed by atoms with Gasteiger partial charge in [-0.25, -0.2) is 4.68 Å². The van der Waals surface area contributed by atoms with Crippen molar-refractivity contribution in [1.82, 2.24) is 23.3 Å². The number of nitrogens with zero attached hydrogens (tertiary/aromatic N) is 5. The first-order chi connectivity index (χ1) is 14.8. The van der Waals surface area contributed by atoms with Gasteiger partial charge in [-0.05, 0) is 25.1 Å². The number of aromatic nitrogens is 2. The molecule has 13 heteroatoms. The van der Waals surface area contributed by atoms with Crippen LogP contribution in [0.4, 0.5) is 13.2 Å². The molecule has 0 N–H and O–H groups in total. The summed E-state index contributed by atoms with van der Waals surface area (Å²) in [7, 11) is -0.827. The lowest BCUT2D eigenvalue weighted by Crippen LogP contribution is -2.53. The van der Waals surface area contributed by atoms with E-state index in [9.17, 15) is 31.2 Å². The lowest BCUT2D eigenvalue weighted by molar-refractivity contribution is -0.137. The Morgan fingerprint density at radius 2 is 1.72 bits per heavy atom. The van der Waals surface area contributed by atoms with Crippen LogP contribution in [0.1, 0.15) is 21.7 Å². The van der Waals surface area contributed by atoms with Gasteiger partial charge in [0.05, 0.1) is 11.3 Å². The highest BCUT2D eigenvalue weighted by Crippen LogP contribution is 2.30. The van der Waals surface area contributed by atoms with E-state index in [1.807, 2.05) is 0 Å². The average molecular weight is 473 g/mol. The van der Waals surface area contributed by atoms with Crippen molar-refractivity contribution in [3.05, 3.63) is 57.5 Å². The predicted octanol–water partition coefficient (Wildman–Crippen LogP) is 1.12. The number of benzene rings is 1. The maximum atomic E-state index is 13.1. The van der Waals surface area contributed by atoms with E-state index in [1.54, 1.807) is 0 Å². The van der Waals surface area contributed by atoms with Crippen molar-refractivity contribution >= 4 is 16.1 Å². The largest absolute Gasteiger partial charge is 0.416 e. The van der Waals surface area contributed by atoms with E-state index < -0.39 is 39.0 Å². The van der Waals surface area contributed by atoms with E-state index in [0.29, 0.717) is 0 Å². The molecule has 1 aromatic heterocycles. The third-order valence-corrected chi connectivity index (χ3v) is 6.98. The lowest BCUT2D eigenvalue weighted by atomic mass is 10.2. The number of carbonyl (C=O) groups excluding carboxylic acids is 1. The van der Waals surface area contributed by atoms with E-state index in [1.165, 1.54) is 42.4 Å². The number of hydrogen-bond acceptors (Lipinski definition) is 5. The van der Waals surface area contributed by atoms with Crippen LogP contribution in [0.5, 0.6) is 0 Å². The zero-order chi connectivity index (χ0) is 23.8. The van der Waals surface area contributed by atoms with Crippen molar-refractivity contribution < 1.29 is 26.4 Å². The summed E-state index contributed by atoms with van der Waals surface area (Å²) >= 11 is 0. The van der Waals surface area contributed by atoms with Crippen LogP contribution in [0.25, 0.3) is 5.69 Å². The number of rotatable bonds is 4. The summed E-state index contributed by atoms with van der Waals surface area (Å²) in [4.78, 5) is 26.7. The molecule has 2 heterocycles. The van der Waals surface area contributed by atoms with Crippen LogP contribution in [-0.2, 0) is 16.4 Å². The Balaban J connectivity index is 1.89. The molecule has 0 aliphatic carbocycles. The number of piperazine rings is 1. The molecule has 1 aromatic carbocycles. The number of amides is 1. The average Bonchev–Trinajstić information content (AvgIpc) is 2.73. The highest BCUT2D eigenvalue weighted by atomic mass is 32.2. The van der Waals surface area contributed by atoms with Gasteiger partial charge in [-0.2, -0.15) is 35.3 Å². The summed E-state index contributed by atoms with van der Waals surface area (Å²) in [6, 6.07) is 5.52. The quantitative estimate of drug-likeness (QED) is 0.663. The Kier molecular flexibility index (Phi) is 6.45. The van der Waals surface area contributed by atoms with Crippen molar-refractivity contribution in [1.29, 1.82) is 0 Å². The smallest absolute Gasteiger partial charge is 0.334 e. The van der Waals surface area contributed by atoms with Crippen molar-refractivity contribution in [3.8, 4) is 5.69 Å². The SMILES string of the molecule is Cc1cc(=O)c(C(=O)N2CCN(S(=O)(=O)N(C)C)CC2)nn1-c1cccc(C(F)(F)F)c1. The van der Waals surface area contributed by atoms with Crippen LogP contribution in [0.15, 0.2) is 35.1 Å². The molecule has 0 spiro atoms. The van der Waals surface area contributed by atoms with Crippen LogP contribution in [0, 0.1) is 6.92 Å². The second kappa shape index (κ2) is 8.64. The topological polar surface area (TPSA) is 95.8 Å². The minimum atomic E-state index is -4.56. The Hall–Kier alpha value is -2.77. The highest BCUT2D eigenvalue weighted by molar-refractivity contribution is 7.86. The third kappa shape index (κ3) is 4.69. The molecule has 32 heavy (non-hydrogen) atoms. The van der Waals surface area contributed by atoms with Crippen molar-refractivity contribution in [2.24, 2.45) is 0 Å². The van der Waals surface area contributed by atoms with Gasteiger partial charge in [-0.15, -0.1) is 0 Å². The molecule has 0 unspecified atom stereocenters. The fourth-order valence-corrected chi connectivity index (χ4v) is 4.36. The first-order valence-corrected chi connectivity index (χ1v) is 11.0. The molecular weight excluding hydrogens is 451 g/mol. The normalized spacial score (nSPS) is 15.9. The summed E-state index contributed by atoms with van der Waals surface area (Å²) in [5.41, 5.74) is -1.70. The number of carbonyl (C=O) groups is 1. The first-order valence-electron chi connectivity index (χ1n) is 9.58. The Morgan fingerprint density at radius 1 is 1.09 bits per heavy atom. The molecule has 9 nitrogen and oxygen atoms in total. The maximum Gasteiger partial charge on any atom is 0.416 e. The van der Waals surface area contributed by atoms with Crippen molar-refractivity contribution in [2.45, 2.75) is 13.1 Å². The summed E-state index contributed by atoms with van der Waals surface area (Å²) in [6.07, 6.45) is -4.56. The fraction of sp³-hybridized carbons (Fsp3) is 0.421. The zero-order valence-electron chi connectivity index (χ0n) is 17.6. The lowest BCUT2D eigenvalue weighted by Gasteiger charge is -2.34.